The summed E-state index contributed by atoms with van der Waals surface area (Å²) in [6.07, 6.45) is -5.10. The van der Waals surface area contributed by atoms with Crippen molar-refractivity contribution in [3.8, 4) is 0 Å². The number of aliphatic hydroxyl groups is 1. The summed E-state index contributed by atoms with van der Waals surface area (Å²) in [6.45, 7) is 0. The summed E-state index contributed by atoms with van der Waals surface area (Å²) in [5.74, 6) is -4.83. The van der Waals surface area contributed by atoms with E-state index in [1.54, 1.807) is 0 Å². The fourth-order valence-electron chi connectivity index (χ4n) is 1.44. The summed E-state index contributed by atoms with van der Waals surface area (Å²) < 4.78 is 41.6. The van der Waals surface area contributed by atoms with E-state index < -0.39 is 23.5 Å². The highest BCUT2D eigenvalue weighted by atomic mass is 35.5. The number of hydrogen-bond donors (Lipinski definition) is 1. The molecule has 0 spiro atoms. The molecule has 16 heavy (non-hydrogen) atoms. The van der Waals surface area contributed by atoms with Crippen LogP contribution in [-0.4, -0.2) is 17.3 Å². The number of carbonyl (C=O) groups is 1. The van der Waals surface area contributed by atoms with Crippen LogP contribution in [0.25, 0.3) is 0 Å². The second-order valence-corrected chi connectivity index (χ2v) is 3.66. The lowest BCUT2D eigenvalue weighted by atomic mass is 10.0. The van der Waals surface area contributed by atoms with Crippen LogP contribution in [0.3, 0.4) is 0 Å². The molecule has 0 unspecified atom stereocenters. The van der Waals surface area contributed by atoms with Gasteiger partial charge in [-0.1, -0.05) is 11.6 Å². The number of rotatable bonds is 0. The Balaban J connectivity index is 2.64. The van der Waals surface area contributed by atoms with Crippen molar-refractivity contribution in [2.24, 2.45) is 0 Å². The van der Waals surface area contributed by atoms with Gasteiger partial charge in [-0.25, -0.2) is 4.79 Å². The van der Waals surface area contributed by atoms with E-state index in [4.69, 9.17) is 11.6 Å². The van der Waals surface area contributed by atoms with Gasteiger partial charge in [0.25, 0.3) is 0 Å². The first-order valence-corrected chi connectivity index (χ1v) is 4.46. The molecule has 0 fully saturated rings. The summed E-state index contributed by atoms with van der Waals surface area (Å²) >= 11 is 5.53. The molecule has 2 rings (SSSR count). The third-order valence-electron chi connectivity index (χ3n) is 2.19. The second-order valence-electron chi connectivity index (χ2n) is 3.22. The van der Waals surface area contributed by atoms with Crippen molar-refractivity contribution >= 4 is 17.6 Å². The Morgan fingerprint density at radius 1 is 1.38 bits per heavy atom. The molecule has 1 aliphatic heterocycles. The van der Waals surface area contributed by atoms with Crippen molar-refractivity contribution in [2.75, 3.05) is 0 Å². The summed E-state index contributed by atoms with van der Waals surface area (Å²) in [4.78, 5) is 11.1. The number of alkyl halides is 3. The van der Waals surface area contributed by atoms with Gasteiger partial charge in [-0.15, -0.1) is 0 Å². The lowest BCUT2D eigenvalue weighted by molar-refractivity contribution is -0.349. The Kier molecular flexibility index (Phi) is 2.18. The zero-order chi connectivity index (χ0) is 12.1. The third-order valence-corrected chi connectivity index (χ3v) is 2.43. The second kappa shape index (κ2) is 3.11. The highest BCUT2D eigenvalue weighted by molar-refractivity contribution is 6.31. The number of carbonyl (C=O) groups excluding carboxylic acids is 1. The lowest BCUT2D eigenvalue weighted by Crippen LogP contribution is -2.42. The van der Waals surface area contributed by atoms with Crippen LogP contribution in [0.15, 0.2) is 18.2 Å². The van der Waals surface area contributed by atoms with Crippen molar-refractivity contribution in [1.29, 1.82) is 0 Å². The average Bonchev–Trinajstić information content (AvgIpc) is 2.39. The Labute approximate surface area is 92.4 Å². The zero-order valence-electron chi connectivity index (χ0n) is 7.51. The van der Waals surface area contributed by atoms with Gasteiger partial charge in [0.05, 0.1) is 5.56 Å². The fourth-order valence-corrected chi connectivity index (χ4v) is 1.61. The summed E-state index contributed by atoms with van der Waals surface area (Å²) in [5, 5.41) is 9.42. The smallest absolute Gasteiger partial charge is 0.415 e. The molecule has 86 valence electrons. The van der Waals surface area contributed by atoms with E-state index in [9.17, 15) is 23.1 Å². The van der Waals surface area contributed by atoms with Crippen LogP contribution in [0.1, 0.15) is 15.9 Å². The van der Waals surface area contributed by atoms with Crippen molar-refractivity contribution in [2.45, 2.75) is 12.0 Å². The molecule has 7 heteroatoms. The van der Waals surface area contributed by atoms with E-state index in [1.165, 1.54) is 0 Å². The minimum absolute atomic E-state index is 0.0853. The normalized spacial score (nSPS) is 24.2. The molecule has 1 aliphatic rings. The molecule has 1 N–H and O–H groups in total. The summed E-state index contributed by atoms with van der Waals surface area (Å²) in [5.41, 5.74) is -1.03. The van der Waals surface area contributed by atoms with Crippen molar-refractivity contribution in [3.05, 3.63) is 34.3 Å². The molecule has 0 amide bonds. The highest BCUT2D eigenvalue weighted by Crippen LogP contribution is 2.46. The Morgan fingerprint density at radius 2 is 2.00 bits per heavy atom. The molecular formula is C9H4ClF3O3. The first-order valence-electron chi connectivity index (χ1n) is 4.08. The molecule has 3 nitrogen and oxygen atoms in total. The van der Waals surface area contributed by atoms with Gasteiger partial charge in [-0.05, 0) is 18.2 Å². The minimum atomic E-state index is -5.10. The number of hydrogen-bond acceptors (Lipinski definition) is 3. The Bertz CT molecular complexity index is 472. The average molecular weight is 253 g/mol. The van der Waals surface area contributed by atoms with E-state index in [2.05, 4.69) is 4.74 Å². The van der Waals surface area contributed by atoms with E-state index in [0.717, 1.165) is 18.2 Å². The highest BCUT2D eigenvalue weighted by Gasteiger charge is 2.63. The monoisotopic (exact) mass is 252 g/mol. The molecule has 0 saturated carbocycles. The maximum Gasteiger partial charge on any atom is 0.460 e. The van der Waals surface area contributed by atoms with Crippen LogP contribution in [0, 0.1) is 0 Å². The zero-order valence-corrected chi connectivity index (χ0v) is 8.26. The fraction of sp³-hybridized carbons (Fsp3) is 0.222. The van der Waals surface area contributed by atoms with Gasteiger partial charge in [-0.2, -0.15) is 13.2 Å². The first-order chi connectivity index (χ1) is 7.25. The molecule has 0 radical (unpaired) electrons. The molecule has 0 aliphatic carbocycles. The van der Waals surface area contributed by atoms with Gasteiger partial charge in [-0.3, -0.25) is 0 Å². The predicted molar refractivity (Wildman–Crippen MR) is 46.8 cm³/mol. The van der Waals surface area contributed by atoms with Crippen molar-refractivity contribution in [1.82, 2.24) is 0 Å². The molecule has 0 bridgehead atoms. The van der Waals surface area contributed by atoms with Gasteiger partial charge in [0.1, 0.15) is 0 Å². The predicted octanol–water partition coefficient (Wildman–Crippen LogP) is 2.22. The molecule has 1 aromatic rings. The Morgan fingerprint density at radius 3 is 2.56 bits per heavy atom. The van der Waals surface area contributed by atoms with E-state index in [1.807, 2.05) is 0 Å². The maximum atomic E-state index is 12.5. The number of fused-ring (bicyclic) bond motifs is 1. The molecule has 0 aromatic heterocycles. The molecule has 1 aromatic carbocycles. The van der Waals surface area contributed by atoms with E-state index in [-0.39, 0.29) is 10.6 Å². The standard InChI is InChI=1S/C9H4ClF3O3/c10-4-1-2-6-5(3-4)7(14)16-8(6,15)9(11,12)13/h1-3,15H/t8-/m0/s1. The topological polar surface area (TPSA) is 46.5 Å². The molecule has 1 heterocycles. The number of benzene rings is 1. The number of ether oxygens (including phenoxy) is 1. The third kappa shape index (κ3) is 1.37. The van der Waals surface area contributed by atoms with Crippen LogP contribution in [0.4, 0.5) is 13.2 Å². The van der Waals surface area contributed by atoms with Crippen LogP contribution in [0.2, 0.25) is 5.02 Å². The maximum absolute atomic E-state index is 12.5. The SMILES string of the molecule is O=C1O[C@](O)(C(F)(F)F)c2ccc(Cl)cc21. The first kappa shape index (κ1) is 11.2. The van der Waals surface area contributed by atoms with Gasteiger partial charge in [0, 0.05) is 10.6 Å². The molecule has 1 atom stereocenters. The number of halogens is 4. The largest absolute Gasteiger partial charge is 0.460 e. The van der Waals surface area contributed by atoms with Crippen molar-refractivity contribution < 1.29 is 27.8 Å². The van der Waals surface area contributed by atoms with E-state index in [0.29, 0.717) is 0 Å². The minimum Gasteiger partial charge on any atom is -0.415 e. The number of esters is 1. The van der Waals surface area contributed by atoms with Gasteiger partial charge in [0.15, 0.2) is 0 Å². The summed E-state index contributed by atoms with van der Waals surface area (Å²) in [6, 6.07) is 3.07. The van der Waals surface area contributed by atoms with Crippen LogP contribution < -0.4 is 0 Å². The van der Waals surface area contributed by atoms with E-state index >= 15 is 0 Å². The van der Waals surface area contributed by atoms with Gasteiger partial charge in [0.2, 0.25) is 0 Å². The van der Waals surface area contributed by atoms with Crippen LogP contribution >= 0.6 is 11.6 Å². The van der Waals surface area contributed by atoms with Crippen LogP contribution in [-0.2, 0) is 10.5 Å². The molecular weight excluding hydrogens is 249 g/mol. The van der Waals surface area contributed by atoms with Gasteiger partial charge >= 0.3 is 17.9 Å². The Hall–Kier alpha value is -1.27. The van der Waals surface area contributed by atoms with Crippen LogP contribution in [0.5, 0.6) is 0 Å². The summed E-state index contributed by atoms with van der Waals surface area (Å²) in [7, 11) is 0. The molecule has 0 saturated heterocycles. The quantitative estimate of drug-likeness (QED) is 0.720. The van der Waals surface area contributed by atoms with Gasteiger partial charge < -0.3 is 9.84 Å². The lowest BCUT2D eigenvalue weighted by Gasteiger charge is -2.24. The number of cyclic esters (lactones) is 1. The van der Waals surface area contributed by atoms with Crippen molar-refractivity contribution in [3.63, 3.8) is 0 Å².